The highest BCUT2D eigenvalue weighted by molar-refractivity contribution is 7.13. The number of ether oxygens (including phenoxy) is 2. The molecular weight excluding hydrogens is 493 g/mol. The molecule has 0 aliphatic heterocycles. The van der Waals surface area contributed by atoms with Gasteiger partial charge in [0.05, 0.1) is 22.8 Å². The van der Waals surface area contributed by atoms with Gasteiger partial charge in [-0.3, -0.25) is 0 Å². The van der Waals surface area contributed by atoms with Crippen LogP contribution in [0.1, 0.15) is 0 Å². The van der Waals surface area contributed by atoms with Gasteiger partial charge in [-0.05, 0) is 42.5 Å². The molecule has 0 aliphatic rings. The number of aromatic nitrogens is 1. The summed E-state index contributed by atoms with van der Waals surface area (Å²) < 4.78 is 10.3. The maximum absolute atomic E-state index is 11.3. The number of rotatable bonds is 5. The Kier molecular flexibility index (Phi) is 6.58. The summed E-state index contributed by atoms with van der Waals surface area (Å²) in [6.45, 7) is 0. The molecule has 0 saturated heterocycles. The van der Waals surface area contributed by atoms with Crippen molar-refractivity contribution in [1.82, 2.24) is 4.98 Å². The molecule has 5 nitrogen and oxygen atoms in total. The molecule has 0 atom stereocenters. The van der Waals surface area contributed by atoms with Crippen molar-refractivity contribution < 1.29 is 19.4 Å². The lowest BCUT2D eigenvalue weighted by Gasteiger charge is -2.12. The molecule has 0 amide bonds. The van der Waals surface area contributed by atoms with E-state index in [0.29, 0.717) is 42.5 Å². The Hall–Kier alpha value is -2.77. The van der Waals surface area contributed by atoms with E-state index in [9.17, 15) is 9.90 Å². The Morgan fingerprint density at radius 1 is 0.906 bits per heavy atom. The van der Waals surface area contributed by atoms with Crippen LogP contribution in [0.3, 0.4) is 0 Å². The first-order chi connectivity index (χ1) is 15.4. The zero-order chi connectivity index (χ0) is 22.8. The monoisotopic (exact) mass is 505 g/mol. The number of carbonyl (C=O) groups is 1. The second-order valence-corrected chi connectivity index (χ2v) is 8.67. The molecule has 0 radical (unpaired) electrons. The molecule has 9 heteroatoms. The first-order valence-corrected chi connectivity index (χ1v) is 11.2. The number of carboxylic acid groups (broad SMARTS) is 1. The number of nitrogens with zero attached hydrogens (tertiary/aromatic N) is 1. The molecule has 32 heavy (non-hydrogen) atoms. The molecule has 3 aromatic carbocycles. The predicted octanol–water partition coefficient (Wildman–Crippen LogP) is 8.17. The smallest absolute Gasteiger partial charge is 0.497 e. The summed E-state index contributed by atoms with van der Waals surface area (Å²) in [6, 6.07) is 15.6. The number of methoxy groups -OCH3 is 1. The maximum atomic E-state index is 11.3. The van der Waals surface area contributed by atoms with Gasteiger partial charge in [-0.15, -0.1) is 11.3 Å². The lowest BCUT2D eigenvalue weighted by atomic mass is 10.0. The maximum Gasteiger partial charge on any atom is 0.511 e. The Balaban J connectivity index is 1.76. The molecule has 0 spiro atoms. The summed E-state index contributed by atoms with van der Waals surface area (Å²) in [5.41, 5.74) is 3.35. The topological polar surface area (TPSA) is 68.7 Å². The lowest BCUT2D eigenvalue weighted by Crippen LogP contribution is -2.04. The molecular formula is C23H14Cl3NO4S. The van der Waals surface area contributed by atoms with Crippen molar-refractivity contribution in [3.05, 3.63) is 75.0 Å². The quantitative estimate of drug-likeness (QED) is 0.218. The van der Waals surface area contributed by atoms with Crippen molar-refractivity contribution in [3.8, 4) is 44.5 Å². The van der Waals surface area contributed by atoms with Crippen LogP contribution >= 0.6 is 46.1 Å². The van der Waals surface area contributed by atoms with Crippen LogP contribution in [0.2, 0.25) is 15.1 Å². The van der Waals surface area contributed by atoms with Gasteiger partial charge in [0, 0.05) is 32.7 Å². The second-order valence-electron chi connectivity index (χ2n) is 6.59. The molecule has 162 valence electrons. The third-order valence-corrected chi connectivity index (χ3v) is 6.57. The molecule has 1 N–H and O–H groups in total. The minimum atomic E-state index is -1.43. The highest BCUT2D eigenvalue weighted by atomic mass is 35.5. The fourth-order valence-electron chi connectivity index (χ4n) is 3.09. The van der Waals surface area contributed by atoms with E-state index < -0.39 is 6.16 Å². The average Bonchev–Trinajstić information content (AvgIpc) is 3.26. The van der Waals surface area contributed by atoms with E-state index in [2.05, 4.69) is 4.98 Å². The van der Waals surface area contributed by atoms with Gasteiger partial charge in [0.25, 0.3) is 0 Å². The van der Waals surface area contributed by atoms with E-state index >= 15 is 0 Å². The van der Waals surface area contributed by atoms with Gasteiger partial charge in [-0.1, -0.05) is 46.9 Å². The highest BCUT2D eigenvalue weighted by Gasteiger charge is 2.17. The fourth-order valence-corrected chi connectivity index (χ4v) is 4.43. The zero-order valence-corrected chi connectivity index (χ0v) is 19.5. The van der Waals surface area contributed by atoms with Gasteiger partial charge in [-0.2, -0.15) is 0 Å². The summed E-state index contributed by atoms with van der Waals surface area (Å²) in [5, 5.41) is 13.2. The van der Waals surface area contributed by atoms with Crippen molar-refractivity contribution in [2.24, 2.45) is 0 Å². The molecule has 0 unspecified atom stereocenters. The first kappa shape index (κ1) is 22.4. The fraction of sp³-hybridized carbons (Fsp3) is 0.0435. The lowest BCUT2D eigenvalue weighted by molar-refractivity contribution is 0.144. The normalized spacial score (nSPS) is 10.8. The predicted molar refractivity (Wildman–Crippen MR) is 129 cm³/mol. The molecule has 0 bridgehead atoms. The zero-order valence-electron chi connectivity index (χ0n) is 16.4. The Bertz CT molecular complexity index is 1320. The molecule has 0 saturated carbocycles. The summed E-state index contributed by atoms with van der Waals surface area (Å²) in [7, 11) is 1.54. The molecule has 0 fully saturated rings. The van der Waals surface area contributed by atoms with Gasteiger partial charge in [0.1, 0.15) is 16.5 Å². The summed E-state index contributed by atoms with van der Waals surface area (Å²) in [4.78, 5) is 16.0. The van der Waals surface area contributed by atoms with E-state index in [4.69, 9.17) is 44.3 Å². The largest absolute Gasteiger partial charge is 0.511 e. The minimum absolute atomic E-state index is 0.136. The van der Waals surface area contributed by atoms with Gasteiger partial charge in [-0.25, -0.2) is 9.78 Å². The number of thiazole rings is 1. The van der Waals surface area contributed by atoms with Crippen molar-refractivity contribution >= 4 is 52.3 Å². The third kappa shape index (κ3) is 4.69. The van der Waals surface area contributed by atoms with E-state index in [1.165, 1.54) is 11.3 Å². The average molecular weight is 507 g/mol. The second kappa shape index (κ2) is 9.38. The SMILES string of the molecule is COc1ccc(Cl)c(-c2ccc(-c3nc(-c4ccc(Cl)c(Cl)c4)cs3)cc2OC(=O)O)c1. The number of halogens is 3. The molecule has 4 rings (SSSR count). The van der Waals surface area contributed by atoms with Crippen LogP contribution < -0.4 is 9.47 Å². The van der Waals surface area contributed by atoms with Gasteiger partial charge in [0.2, 0.25) is 0 Å². The van der Waals surface area contributed by atoms with Crippen molar-refractivity contribution in [2.75, 3.05) is 7.11 Å². The molecule has 4 aromatic rings. The van der Waals surface area contributed by atoms with Crippen LogP contribution in [0.25, 0.3) is 33.0 Å². The number of benzene rings is 3. The third-order valence-electron chi connectivity index (χ3n) is 4.61. The molecule has 1 aromatic heterocycles. The van der Waals surface area contributed by atoms with Crippen LogP contribution in [-0.2, 0) is 0 Å². The van der Waals surface area contributed by atoms with E-state index in [1.807, 2.05) is 17.5 Å². The van der Waals surface area contributed by atoms with Crippen LogP contribution in [-0.4, -0.2) is 23.4 Å². The van der Waals surface area contributed by atoms with E-state index in [0.717, 1.165) is 11.3 Å². The first-order valence-electron chi connectivity index (χ1n) is 9.16. The number of hydrogen-bond donors (Lipinski definition) is 1. The van der Waals surface area contributed by atoms with E-state index in [-0.39, 0.29) is 5.75 Å². The van der Waals surface area contributed by atoms with Gasteiger partial charge in [0.15, 0.2) is 0 Å². The Morgan fingerprint density at radius 2 is 1.66 bits per heavy atom. The summed E-state index contributed by atoms with van der Waals surface area (Å²) in [5.74, 6) is 0.720. The van der Waals surface area contributed by atoms with Crippen LogP contribution in [0.15, 0.2) is 60.0 Å². The highest BCUT2D eigenvalue weighted by Crippen LogP contribution is 2.40. The number of hydrogen-bond acceptors (Lipinski definition) is 5. The van der Waals surface area contributed by atoms with Crippen LogP contribution in [0.5, 0.6) is 11.5 Å². The van der Waals surface area contributed by atoms with E-state index in [1.54, 1.807) is 49.6 Å². The molecule has 1 heterocycles. The standard InChI is InChI=1S/C23H14Cl3NO4S/c1-30-14-4-7-17(24)16(10-14)15-5-2-13(9-21(15)31-23(28)29)22-27-20(11-32-22)12-3-6-18(25)19(26)8-12/h2-11H,1H3,(H,28,29). The minimum Gasteiger partial charge on any atom is -0.497 e. The van der Waals surface area contributed by atoms with Crippen LogP contribution in [0.4, 0.5) is 4.79 Å². The summed E-state index contributed by atoms with van der Waals surface area (Å²) in [6.07, 6.45) is -1.43. The Labute approximate surface area is 202 Å². The van der Waals surface area contributed by atoms with Gasteiger partial charge >= 0.3 is 6.16 Å². The van der Waals surface area contributed by atoms with Gasteiger partial charge < -0.3 is 14.6 Å². The van der Waals surface area contributed by atoms with Crippen molar-refractivity contribution in [2.45, 2.75) is 0 Å². The molecule has 0 aliphatic carbocycles. The Morgan fingerprint density at radius 3 is 2.38 bits per heavy atom. The van der Waals surface area contributed by atoms with Crippen molar-refractivity contribution in [1.29, 1.82) is 0 Å². The summed E-state index contributed by atoms with van der Waals surface area (Å²) >= 11 is 19.9. The van der Waals surface area contributed by atoms with Crippen LogP contribution in [0, 0.1) is 0 Å². The van der Waals surface area contributed by atoms with Crippen molar-refractivity contribution in [3.63, 3.8) is 0 Å².